The summed E-state index contributed by atoms with van der Waals surface area (Å²) in [7, 11) is 3.25. The van der Waals surface area contributed by atoms with Crippen molar-refractivity contribution < 1.29 is 19.4 Å². The van der Waals surface area contributed by atoms with Crippen LogP contribution in [0.3, 0.4) is 0 Å². The van der Waals surface area contributed by atoms with Crippen LogP contribution in [0.4, 0.5) is 0 Å². The van der Waals surface area contributed by atoms with Gasteiger partial charge in [-0.15, -0.1) is 5.10 Å². The number of carboxylic acids is 1. The number of nitrogens with zero attached hydrogens (tertiary/aromatic N) is 4. The zero-order chi connectivity index (χ0) is 24.6. The van der Waals surface area contributed by atoms with Gasteiger partial charge in [0.25, 0.3) is 0 Å². The third kappa shape index (κ3) is 5.69. The molecule has 34 heavy (non-hydrogen) atoms. The van der Waals surface area contributed by atoms with Gasteiger partial charge >= 0.3 is 5.97 Å². The summed E-state index contributed by atoms with van der Waals surface area (Å²) in [5.41, 5.74) is 2.42. The van der Waals surface area contributed by atoms with Crippen LogP contribution in [0, 0.1) is 0 Å². The van der Waals surface area contributed by atoms with E-state index in [1.165, 1.54) is 0 Å². The molecule has 0 atom stereocenters. The van der Waals surface area contributed by atoms with Crippen molar-refractivity contribution in [3.05, 3.63) is 65.4 Å². The standard InChI is InChI=1S/C26H34N4O4/c1-5-7-8-11-22-28-25(26(33-3,34-4)16-6-2)29-30(22)18-19-12-14-20(15-13-19)23-21(24(31)32)10-9-17-27-23/h9-10,12-15,17H,5-8,11,16,18H2,1-4H3,(H,31,32). The summed E-state index contributed by atoms with van der Waals surface area (Å²) >= 11 is 0. The molecule has 0 aliphatic rings. The Labute approximate surface area is 201 Å². The molecule has 2 heterocycles. The van der Waals surface area contributed by atoms with Gasteiger partial charge in [-0.2, -0.15) is 0 Å². The van der Waals surface area contributed by atoms with E-state index in [2.05, 4.69) is 18.8 Å². The summed E-state index contributed by atoms with van der Waals surface area (Å²) in [6.45, 7) is 4.79. The molecule has 8 heteroatoms. The van der Waals surface area contributed by atoms with Crippen molar-refractivity contribution in [3.63, 3.8) is 0 Å². The molecule has 182 valence electrons. The van der Waals surface area contributed by atoms with E-state index >= 15 is 0 Å². The number of carboxylic acid groups (broad SMARTS) is 1. The molecule has 0 amide bonds. The number of pyridine rings is 1. The van der Waals surface area contributed by atoms with Gasteiger partial charge in [0, 0.05) is 38.8 Å². The second kappa shape index (κ2) is 11.9. The Bertz CT molecular complexity index is 1070. The predicted octanol–water partition coefficient (Wildman–Crippen LogP) is 5.07. The van der Waals surface area contributed by atoms with Crippen LogP contribution in [-0.4, -0.2) is 45.0 Å². The Morgan fingerprint density at radius 3 is 2.41 bits per heavy atom. The highest BCUT2D eigenvalue weighted by Gasteiger charge is 2.36. The van der Waals surface area contributed by atoms with Crippen LogP contribution in [0.5, 0.6) is 0 Å². The van der Waals surface area contributed by atoms with Crippen LogP contribution in [-0.2, 0) is 28.2 Å². The number of aryl methyl sites for hydroxylation is 1. The maximum absolute atomic E-state index is 11.5. The van der Waals surface area contributed by atoms with Gasteiger partial charge in [0.2, 0.25) is 11.6 Å². The van der Waals surface area contributed by atoms with E-state index in [0.29, 0.717) is 24.5 Å². The average Bonchev–Trinajstić information content (AvgIpc) is 3.26. The molecule has 1 aromatic carbocycles. The van der Waals surface area contributed by atoms with Crippen molar-refractivity contribution in [1.29, 1.82) is 0 Å². The predicted molar refractivity (Wildman–Crippen MR) is 130 cm³/mol. The molecule has 1 N–H and O–H groups in total. The molecule has 0 aliphatic carbocycles. The van der Waals surface area contributed by atoms with Crippen molar-refractivity contribution in [2.45, 2.75) is 64.7 Å². The van der Waals surface area contributed by atoms with Gasteiger partial charge in [0.05, 0.1) is 17.8 Å². The van der Waals surface area contributed by atoms with Crippen LogP contribution >= 0.6 is 0 Å². The molecule has 0 saturated heterocycles. The van der Waals surface area contributed by atoms with Gasteiger partial charge in [-0.1, -0.05) is 57.4 Å². The lowest BCUT2D eigenvalue weighted by Crippen LogP contribution is -2.32. The van der Waals surface area contributed by atoms with Gasteiger partial charge in [0.15, 0.2) is 0 Å². The summed E-state index contributed by atoms with van der Waals surface area (Å²) in [4.78, 5) is 20.7. The van der Waals surface area contributed by atoms with E-state index < -0.39 is 11.8 Å². The third-order valence-electron chi connectivity index (χ3n) is 5.93. The Hall–Kier alpha value is -3.10. The second-order valence-corrected chi connectivity index (χ2v) is 8.28. The molecule has 0 spiro atoms. The molecule has 0 radical (unpaired) electrons. The Morgan fingerprint density at radius 1 is 1.06 bits per heavy atom. The summed E-state index contributed by atoms with van der Waals surface area (Å²) < 4.78 is 13.4. The van der Waals surface area contributed by atoms with E-state index in [0.717, 1.165) is 49.1 Å². The van der Waals surface area contributed by atoms with Gasteiger partial charge in [-0.25, -0.2) is 14.5 Å². The fourth-order valence-electron chi connectivity index (χ4n) is 4.04. The van der Waals surface area contributed by atoms with Crippen LogP contribution in [0.25, 0.3) is 11.3 Å². The van der Waals surface area contributed by atoms with Crippen LogP contribution in [0.1, 0.15) is 73.5 Å². The molecule has 0 saturated carbocycles. The van der Waals surface area contributed by atoms with Gasteiger partial charge in [0.1, 0.15) is 5.82 Å². The molecular formula is C26H34N4O4. The third-order valence-corrected chi connectivity index (χ3v) is 5.93. The largest absolute Gasteiger partial charge is 0.478 e. The fraction of sp³-hybridized carbons (Fsp3) is 0.462. The molecule has 0 fully saturated rings. The van der Waals surface area contributed by atoms with E-state index in [9.17, 15) is 9.90 Å². The number of rotatable bonds is 13. The van der Waals surface area contributed by atoms with Crippen molar-refractivity contribution >= 4 is 5.97 Å². The van der Waals surface area contributed by atoms with E-state index in [1.807, 2.05) is 28.9 Å². The zero-order valence-electron chi connectivity index (χ0n) is 20.5. The number of aromatic carboxylic acids is 1. The molecule has 0 aliphatic heterocycles. The highest BCUT2D eigenvalue weighted by atomic mass is 16.7. The minimum Gasteiger partial charge on any atom is -0.478 e. The number of ether oxygens (including phenoxy) is 2. The van der Waals surface area contributed by atoms with Crippen molar-refractivity contribution in [2.75, 3.05) is 14.2 Å². The molecule has 3 rings (SSSR count). The SMILES string of the molecule is CCCCCc1nc(C(CCC)(OC)OC)nn1Cc1ccc(-c2ncccc2C(=O)O)cc1. The number of hydrogen-bond donors (Lipinski definition) is 1. The molecule has 3 aromatic rings. The fourth-order valence-corrected chi connectivity index (χ4v) is 4.04. The summed E-state index contributed by atoms with van der Waals surface area (Å²) in [6.07, 6.45) is 7.24. The topological polar surface area (TPSA) is 99.4 Å². The maximum atomic E-state index is 11.5. The lowest BCUT2D eigenvalue weighted by Gasteiger charge is -2.27. The van der Waals surface area contributed by atoms with Crippen LogP contribution < -0.4 is 0 Å². The van der Waals surface area contributed by atoms with Crippen LogP contribution in [0.15, 0.2) is 42.6 Å². The second-order valence-electron chi connectivity index (χ2n) is 8.28. The van der Waals surface area contributed by atoms with Gasteiger partial charge < -0.3 is 14.6 Å². The first-order chi connectivity index (χ1) is 16.5. The van der Waals surface area contributed by atoms with Crippen molar-refractivity contribution in [1.82, 2.24) is 19.7 Å². The molecular weight excluding hydrogens is 432 g/mol. The molecule has 8 nitrogen and oxygen atoms in total. The lowest BCUT2D eigenvalue weighted by molar-refractivity contribution is -0.225. The monoisotopic (exact) mass is 466 g/mol. The summed E-state index contributed by atoms with van der Waals surface area (Å²) in [5, 5.41) is 14.3. The lowest BCUT2D eigenvalue weighted by atomic mass is 10.0. The minimum atomic E-state index is -0.995. The highest BCUT2D eigenvalue weighted by molar-refractivity contribution is 5.94. The van der Waals surface area contributed by atoms with E-state index in [4.69, 9.17) is 19.6 Å². The smallest absolute Gasteiger partial charge is 0.337 e. The normalized spacial score (nSPS) is 11.6. The first-order valence-corrected chi connectivity index (χ1v) is 11.8. The van der Waals surface area contributed by atoms with E-state index in [-0.39, 0.29) is 5.56 Å². The Morgan fingerprint density at radius 2 is 1.79 bits per heavy atom. The Kier molecular flexibility index (Phi) is 8.90. The minimum absolute atomic E-state index is 0.181. The summed E-state index contributed by atoms with van der Waals surface area (Å²) in [6, 6.07) is 10.9. The number of carbonyl (C=O) groups is 1. The van der Waals surface area contributed by atoms with Crippen molar-refractivity contribution in [2.24, 2.45) is 0 Å². The number of hydrogen-bond acceptors (Lipinski definition) is 6. The maximum Gasteiger partial charge on any atom is 0.337 e. The Balaban J connectivity index is 1.90. The molecule has 0 unspecified atom stereocenters. The highest BCUT2D eigenvalue weighted by Crippen LogP contribution is 2.29. The zero-order valence-corrected chi connectivity index (χ0v) is 20.5. The number of unbranched alkanes of at least 4 members (excludes halogenated alkanes) is 2. The summed E-state index contributed by atoms with van der Waals surface area (Å²) in [5.74, 6) is -0.511. The molecule has 0 bridgehead atoms. The first kappa shape index (κ1) is 25.5. The quantitative estimate of drug-likeness (QED) is 0.277. The van der Waals surface area contributed by atoms with E-state index in [1.54, 1.807) is 32.5 Å². The van der Waals surface area contributed by atoms with Gasteiger partial charge in [-0.3, -0.25) is 4.98 Å². The number of methoxy groups -OCH3 is 2. The number of aromatic nitrogens is 4. The average molecular weight is 467 g/mol. The van der Waals surface area contributed by atoms with Crippen molar-refractivity contribution in [3.8, 4) is 11.3 Å². The van der Waals surface area contributed by atoms with Crippen LogP contribution in [0.2, 0.25) is 0 Å². The molecule has 2 aromatic heterocycles. The van der Waals surface area contributed by atoms with Gasteiger partial charge in [-0.05, 0) is 24.1 Å². The first-order valence-electron chi connectivity index (χ1n) is 11.8. The number of benzene rings is 1.